The Morgan fingerprint density at radius 3 is 2.74 bits per heavy atom. The van der Waals surface area contributed by atoms with Crippen LogP contribution in [-0.2, 0) is 6.42 Å². The predicted molar refractivity (Wildman–Crippen MR) is 70.5 cm³/mol. The summed E-state index contributed by atoms with van der Waals surface area (Å²) >= 11 is 0. The summed E-state index contributed by atoms with van der Waals surface area (Å²) in [5.74, 6) is -0.0851. The Hall–Kier alpha value is -2.01. The molecule has 1 aromatic carbocycles. The van der Waals surface area contributed by atoms with E-state index in [1.54, 1.807) is 18.5 Å². The number of nitrogens with one attached hydrogen (secondary N) is 1. The summed E-state index contributed by atoms with van der Waals surface area (Å²) in [6.07, 6.45) is 4.03. The molecule has 0 amide bonds. The van der Waals surface area contributed by atoms with Gasteiger partial charge < -0.3 is 10.1 Å². The van der Waals surface area contributed by atoms with E-state index < -0.39 is 0 Å². The third kappa shape index (κ3) is 3.26. The number of ether oxygens (including phenoxy) is 1. The first kappa shape index (κ1) is 13.4. The lowest BCUT2D eigenvalue weighted by molar-refractivity contribution is 0.386. The fraction of sp³-hybridized carbons (Fsp3) is 0.286. The molecule has 0 aliphatic carbocycles. The molecule has 4 nitrogen and oxygen atoms in total. The van der Waals surface area contributed by atoms with E-state index >= 15 is 0 Å². The molecule has 0 saturated carbocycles. The third-order valence-electron chi connectivity index (χ3n) is 3.01. The minimum absolute atomic E-state index is 0.0725. The summed E-state index contributed by atoms with van der Waals surface area (Å²) < 4.78 is 18.5. The van der Waals surface area contributed by atoms with E-state index in [2.05, 4.69) is 15.5 Å². The van der Waals surface area contributed by atoms with Gasteiger partial charge in [0.1, 0.15) is 0 Å². The van der Waals surface area contributed by atoms with Crippen LogP contribution in [0.2, 0.25) is 0 Å². The second-order valence-corrected chi connectivity index (χ2v) is 4.19. The first-order valence-electron chi connectivity index (χ1n) is 6.01. The maximum absolute atomic E-state index is 13.6. The zero-order valence-corrected chi connectivity index (χ0v) is 10.9. The molecular formula is C14H16FN3O. The first-order chi connectivity index (χ1) is 9.24. The summed E-state index contributed by atoms with van der Waals surface area (Å²) in [5, 5.41) is 10.8. The Kier molecular flexibility index (Phi) is 4.41. The van der Waals surface area contributed by atoms with Crippen LogP contribution in [0.15, 0.2) is 36.7 Å². The van der Waals surface area contributed by atoms with Crippen LogP contribution in [0.25, 0.3) is 0 Å². The smallest absolute Gasteiger partial charge is 0.165 e. The fourth-order valence-corrected chi connectivity index (χ4v) is 1.97. The molecule has 2 rings (SSSR count). The van der Waals surface area contributed by atoms with Crippen LogP contribution < -0.4 is 10.1 Å². The molecule has 1 aromatic heterocycles. The van der Waals surface area contributed by atoms with Gasteiger partial charge in [-0.1, -0.05) is 6.07 Å². The maximum Gasteiger partial charge on any atom is 0.165 e. The Morgan fingerprint density at radius 1 is 1.32 bits per heavy atom. The van der Waals surface area contributed by atoms with Crippen molar-refractivity contribution in [3.8, 4) is 5.75 Å². The van der Waals surface area contributed by atoms with Crippen LogP contribution in [0.5, 0.6) is 5.75 Å². The summed E-state index contributed by atoms with van der Waals surface area (Å²) in [5.41, 5.74) is 1.92. The van der Waals surface area contributed by atoms with Crippen molar-refractivity contribution in [3.63, 3.8) is 0 Å². The summed E-state index contributed by atoms with van der Waals surface area (Å²) in [4.78, 5) is 0. The number of hydrogen-bond donors (Lipinski definition) is 1. The SMILES string of the molecule is CNC(Cc1ccc(OC)c(F)c1)c1ccnnc1. The second-order valence-electron chi connectivity index (χ2n) is 4.19. The number of benzene rings is 1. The average molecular weight is 261 g/mol. The van der Waals surface area contributed by atoms with Crippen LogP contribution in [0.3, 0.4) is 0 Å². The molecule has 1 atom stereocenters. The molecule has 0 fully saturated rings. The molecule has 0 saturated heterocycles. The topological polar surface area (TPSA) is 47.0 Å². The van der Waals surface area contributed by atoms with Crippen LogP contribution in [0.1, 0.15) is 17.2 Å². The van der Waals surface area contributed by atoms with Gasteiger partial charge in [-0.3, -0.25) is 0 Å². The van der Waals surface area contributed by atoms with Crippen molar-refractivity contribution in [2.45, 2.75) is 12.5 Å². The molecule has 0 radical (unpaired) electrons. The molecule has 5 heteroatoms. The average Bonchev–Trinajstić information content (AvgIpc) is 2.46. The van der Waals surface area contributed by atoms with Crippen LogP contribution in [-0.4, -0.2) is 24.4 Å². The lowest BCUT2D eigenvalue weighted by Crippen LogP contribution is -2.19. The van der Waals surface area contributed by atoms with E-state index in [0.717, 1.165) is 11.1 Å². The minimum atomic E-state index is -0.345. The van der Waals surface area contributed by atoms with Crippen molar-refractivity contribution in [2.24, 2.45) is 0 Å². The number of likely N-dealkylation sites (N-methyl/N-ethyl adjacent to an activating group) is 1. The molecule has 0 bridgehead atoms. The van der Waals surface area contributed by atoms with Gasteiger partial charge in [-0.25, -0.2) is 4.39 Å². The zero-order valence-electron chi connectivity index (χ0n) is 10.9. The van der Waals surface area contributed by atoms with E-state index in [4.69, 9.17) is 4.74 Å². The molecule has 0 aliphatic heterocycles. The predicted octanol–water partition coefficient (Wildman–Crippen LogP) is 2.13. The fourth-order valence-electron chi connectivity index (χ4n) is 1.97. The highest BCUT2D eigenvalue weighted by molar-refractivity contribution is 5.30. The largest absolute Gasteiger partial charge is 0.494 e. The van der Waals surface area contributed by atoms with Crippen LogP contribution in [0.4, 0.5) is 4.39 Å². The van der Waals surface area contributed by atoms with Gasteiger partial charge in [0.25, 0.3) is 0 Å². The zero-order chi connectivity index (χ0) is 13.7. The van der Waals surface area contributed by atoms with Gasteiger partial charge in [0.15, 0.2) is 11.6 Å². The summed E-state index contributed by atoms with van der Waals surface area (Å²) in [6.45, 7) is 0. The molecule has 19 heavy (non-hydrogen) atoms. The van der Waals surface area contributed by atoms with Gasteiger partial charge in [-0.2, -0.15) is 10.2 Å². The minimum Gasteiger partial charge on any atom is -0.494 e. The molecule has 0 aliphatic rings. The van der Waals surface area contributed by atoms with Gasteiger partial charge in [0, 0.05) is 12.2 Å². The van der Waals surface area contributed by atoms with Gasteiger partial charge in [0.05, 0.1) is 13.3 Å². The van der Waals surface area contributed by atoms with Crippen molar-refractivity contribution in [1.82, 2.24) is 15.5 Å². The Morgan fingerprint density at radius 2 is 2.16 bits per heavy atom. The maximum atomic E-state index is 13.6. The number of nitrogens with zero attached hydrogens (tertiary/aromatic N) is 2. The molecule has 100 valence electrons. The van der Waals surface area contributed by atoms with E-state index in [-0.39, 0.29) is 17.6 Å². The van der Waals surface area contributed by atoms with Crippen LogP contribution >= 0.6 is 0 Å². The van der Waals surface area contributed by atoms with E-state index in [0.29, 0.717) is 6.42 Å². The van der Waals surface area contributed by atoms with Crippen LogP contribution in [0, 0.1) is 5.82 Å². The molecule has 1 unspecified atom stereocenters. The number of rotatable bonds is 5. The number of hydrogen-bond acceptors (Lipinski definition) is 4. The first-order valence-corrected chi connectivity index (χ1v) is 6.01. The Labute approximate surface area is 111 Å². The quantitative estimate of drug-likeness (QED) is 0.895. The highest BCUT2D eigenvalue weighted by atomic mass is 19.1. The van der Waals surface area contributed by atoms with Crippen molar-refractivity contribution in [3.05, 3.63) is 53.6 Å². The summed E-state index contributed by atoms with van der Waals surface area (Å²) in [7, 11) is 3.32. The standard InChI is InChI=1S/C14H16FN3O/c1-16-13(11-5-6-17-18-9-11)8-10-3-4-14(19-2)12(15)7-10/h3-7,9,13,16H,8H2,1-2H3. The van der Waals surface area contributed by atoms with E-state index in [9.17, 15) is 4.39 Å². The lowest BCUT2D eigenvalue weighted by Gasteiger charge is -2.16. The van der Waals surface area contributed by atoms with E-state index in [1.165, 1.54) is 13.2 Å². The lowest BCUT2D eigenvalue weighted by atomic mass is 10.0. The number of aromatic nitrogens is 2. The number of methoxy groups -OCH3 is 1. The molecular weight excluding hydrogens is 245 g/mol. The van der Waals surface area contributed by atoms with Gasteiger partial charge in [-0.05, 0) is 42.8 Å². The van der Waals surface area contributed by atoms with Gasteiger partial charge in [0.2, 0.25) is 0 Å². The Bertz CT molecular complexity index is 533. The highest BCUT2D eigenvalue weighted by Gasteiger charge is 2.12. The third-order valence-corrected chi connectivity index (χ3v) is 3.01. The molecule has 0 spiro atoms. The van der Waals surface area contributed by atoms with Gasteiger partial charge >= 0.3 is 0 Å². The van der Waals surface area contributed by atoms with Crippen molar-refractivity contribution in [1.29, 1.82) is 0 Å². The van der Waals surface area contributed by atoms with E-state index in [1.807, 2.05) is 19.2 Å². The molecule has 2 aromatic rings. The van der Waals surface area contributed by atoms with Crippen molar-refractivity contribution in [2.75, 3.05) is 14.2 Å². The van der Waals surface area contributed by atoms with Crippen molar-refractivity contribution < 1.29 is 9.13 Å². The second kappa shape index (κ2) is 6.24. The normalized spacial score (nSPS) is 12.2. The monoisotopic (exact) mass is 261 g/mol. The number of halogens is 1. The van der Waals surface area contributed by atoms with Crippen molar-refractivity contribution >= 4 is 0 Å². The molecule has 1 heterocycles. The van der Waals surface area contributed by atoms with Gasteiger partial charge in [-0.15, -0.1) is 0 Å². The Balaban J connectivity index is 2.17. The summed E-state index contributed by atoms with van der Waals surface area (Å²) in [6, 6.07) is 6.97. The highest BCUT2D eigenvalue weighted by Crippen LogP contribution is 2.22. The molecule has 1 N–H and O–H groups in total.